The van der Waals surface area contributed by atoms with Gasteiger partial charge in [-0.05, 0) is 67.8 Å². The number of benzene rings is 1. The summed E-state index contributed by atoms with van der Waals surface area (Å²) < 4.78 is 0. The minimum absolute atomic E-state index is 0.0470. The summed E-state index contributed by atoms with van der Waals surface area (Å²) in [6.07, 6.45) is 6.22. The van der Waals surface area contributed by atoms with E-state index in [9.17, 15) is 19.2 Å². The highest BCUT2D eigenvalue weighted by Gasteiger charge is 2.62. The number of carbonyl (C=O) groups excluding carboxylic acids is 4. The van der Waals surface area contributed by atoms with E-state index < -0.39 is 0 Å². The number of hydrogen-bond acceptors (Lipinski definition) is 5. The van der Waals surface area contributed by atoms with Crippen LogP contribution in [0.5, 0.6) is 0 Å². The predicted molar refractivity (Wildman–Crippen MR) is 121 cm³/mol. The quantitative estimate of drug-likeness (QED) is 0.609. The molecule has 0 radical (unpaired) electrons. The van der Waals surface area contributed by atoms with Crippen molar-refractivity contribution in [1.82, 2.24) is 14.7 Å². The molecule has 0 spiro atoms. The van der Waals surface area contributed by atoms with E-state index in [0.29, 0.717) is 30.2 Å². The smallest absolute Gasteiger partial charge is 0.234 e. The van der Waals surface area contributed by atoms with Gasteiger partial charge in [-0.1, -0.05) is 30.3 Å². The van der Waals surface area contributed by atoms with Gasteiger partial charge in [-0.15, -0.1) is 0 Å². The van der Waals surface area contributed by atoms with Crippen molar-refractivity contribution in [3.8, 4) is 0 Å². The second kappa shape index (κ2) is 7.48. The minimum atomic E-state index is -0.158. The van der Waals surface area contributed by atoms with Gasteiger partial charge in [0.25, 0.3) is 0 Å². The van der Waals surface area contributed by atoms with Crippen molar-refractivity contribution in [2.45, 2.75) is 45.1 Å². The molecule has 7 heteroatoms. The SMILES string of the molecule is O=C1[C@@H]2[C@@H]3CC[C@@H](C3)[C@@H]2C(=O)N1CN(Cc1ccccc1)CN1C(=O)[C@H]2[C@@H]3CC[C@@H](C3)[C@@H]2C1=O. The molecule has 0 unspecified atom stereocenters. The molecular formula is C27H31N3O4. The molecule has 6 fully saturated rings. The van der Waals surface area contributed by atoms with Crippen molar-refractivity contribution in [3.63, 3.8) is 0 Å². The zero-order valence-corrected chi connectivity index (χ0v) is 19.3. The van der Waals surface area contributed by atoms with Gasteiger partial charge in [0.15, 0.2) is 0 Å². The van der Waals surface area contributed by atoms with Gasteiger partial charge >= 0.3 is 0 Å². The van der Waals surface area contributed by atoms with Gasteiger partial charge < -0.3 is 0 Å². The van der Waals surface area contributed by atoms with Crippen LogP contribution in [0, 0.1) is 47.3 Å². The molecule has 4 bridgehead atoms. The number of amides is 4. The molecule has 7 rings (SSSR count). The Kier molecular flexibility index (Phi) is 4.57. The van der Waals surface area contributed by atoms with Crippen molar-refractivity contribution in [1.29, 1.82) is 0 Å². The normalized spacial score (nSPS) is 39.8. The fourth-order valence-corrected chi connectivity index (χ4v) is 8.61. The van der Waals surface area contributed by atoms with E-state index >= 15 is 0 Å². The Morgan fingerprint density at radius 2 is 1.00 bits per heavy atom. The molecular weight excluding hydrogens is 430 g/mol. The second-order valence-electron chi connectivity index (χ2n) is 11.6. The van der Waals surface area contributed by atoms with Crippen LogP contribution >= 0.6 is 0 Å². The van der Waals surface area contributed by atoms with Crippen LogP contribution in [0.3, 0.4) is 0 Å². The molecule has 8 atom stereocenters. The third-order valence-electron chi connectivity index (χ3n) is 9.97. The van der Waals surface area contributed by atoms with Gasteiger partial charge in [0.2, 0.25) is 23.6 Å². The number of likely N-dealkylation sites (tertiary alicyclic amines) is 2. The average Bonchev–Trinajstić information content (AvgIpc) is 3.68. The average molecular weight is 462 g/mol. The Labute approximate surface area is 199 Å². The molecule has 0 N–H and O–H groups in total. The maximum Gasteiger partial charge on any atom is 0.234 e. The fourth-order valence-electron chi connectivity index (χ4n) is 8.61. The summed E-state index contributed by atoms with van der Waals surface area (Å²) in [5.41, 5.74) is 1.03. The largest absolute Gasteiger partial charge is 0.274 e. The Balaban J connectivity index is 1.14. The van der Waals surface area contributed by atoms with E-state index in [1.165, 1.54) is 9.80 Å². The minimum Gasteiger partial charge on any atom is -0.274 e. The van der Waals surface area contributed by atoms with Crippen molar-refractivity contribution < 1.29 is 19.2 Å². The zero-order valence-electron chi connectivity index (χ0n) is 19.3. The summed E-state index contributed by atoms with van der Waals surface area (Å²) in [5.74, 6) is 0.555. The van der Waals surface area contributed by atoms with Crippen LogP contribution < -0.4 is 0 Å². The summed E-state index contributed by atoms with van der Waals surface area (Å²) >= 11 is 0. The van der Waals surface area contributed by atoms with E-state index in [1.807, 2.05) is 35.2 Å². The predicted octanol–water partition coefficient (Wildman–Crippen LogP) is 2.47. The lowest BCUT2D eigenvalue weighted by molar-refractivity contribution is -0.146. The van der Waals surface area contributed by atoms with Crippen LogP contribution in [0.4, 0.5) is 0 Å². The summed E-state index contributed by atoms with van der Waals surface area (Å²) in [4.78, 5) is 58.1. The summed E-state index contributed by atoms with van der Waals surface area (Å²) in [5, 5.41) is 0. The molecule has 6 aliphatic rings. The van der Waals surface area contributed by atoms with Gasteiger partial charge in [-0.3, -0.25) is 33.9 Å². The molecule has 1 aromatic carbocycles. The topological polar surface area (TPSA) is 78.0 Å². The molecule has 2 aliphatic heterocycles. The maximum atomic E-state index is 13.3. The van der Waals surface area contributed by atoms with Crippen LogP contribution in [0.25, 0.3) is 0 Å². The first kappa shape index (κ1) is 20.8. The van der Waals surface area contributed by atoms with Crippen LogP contribution in [0.15, 0.2) is 30.3 Å². The second-order valence-corrected chi connectivity index (χ2v) is 11.6. The lowest BCUT2D eigenvalue weighted by Gasteiger charge is -2.31. The zero-order chi connectivity index (χ0) is 23.1. The van der Waals surface area contributed by atoms with Crippen molar-refractivity contribution in [2.75, 3.05) is 13.3 Å². The molecule has 0 aromatic heterocycles. The number of hydrogen-bond donors (Lipinski definition) is 0. The molecule has 178 valence electrons. The number of imide groups is 2. The number of carbonyl (C=O) groups is 4. The number of nitrogens with zero attached hydrogens (tertiary/aromatic N) is 3. The molecule has 7 nitrogen and oxygen atoms in total. The van der Waals surface area contributed by atoms with Gasteiger partial charge in [0, 0.05) is 6.54 Å². The van der Waals surface area contributed by atoms with Gasteiger partial charge in [-0.25, -0.2) is 0 Å². The first-order valence-electron chi connectivity index (χ1n) is 13.0. The highest BCUT2D eigenvalue weighted by atomic mass is 16.2. The van der Waals surface area contributed by atoms with Crippen molar-refractivity contribution in [2.24, 2.45) is 47.3 Å². The lowest BCUT2D eigenvalue weighted by Crippen LogP contribution is -2.48. The summed E-state index contributed by atoms with van der Waals surface area (Å²) in [7, 11) is 0. The van der Waals surface area contributed by atoms with Crippen LogP contribution in [0.1, 0.15) is 44.1 Å². The Hall–Kier alpha value is -2.54. The molecule has 4 aliphatic carbocycles. The fraction of sp³-hybridized carbons (Fsp3) is 0.630. The number of fused-ring (bicyclic) bond motifs is 10. The first-order chi connectivity index (χ1) is 16.5. The van der Waals surface area contributed by atoms with E-state index in [0.717, 1.165) is 44.1 Å². The van der Waals surface area contributed by atoms with Crippen LogP contribution in [-0.4, -0.2) is 51.7 Å². The molecule has 2 heterocycles. The molecule has 4 saturated carbocycles. The maximum absolute atomic E-state index is 13.3. The van der Waals surface area contributed by atoms with Crippen molar-refractivity contribution in [3.05, 3.63) is 35.9 Å². The highest BCUT2D eigenvalue weighted by Crippen LogP contribution is 2.57. The Bertz CT molecular complexity index is 953. The van der Waals surface area contributed by atoms with Crippen LogP contribution in [0.2, 0.25) is 0 Å². The lowest BCUT2D eigenvalue weighted by atomic mass is 9.81. The summed E-state index contributed by atoms with van der Waals surface area (Å²) in [6, 6.07) is 9.85. The molecule has 34 heavy (non-hydrogen) atoms. The van der Waals surface area contributed by atoms with Gasteiger partial charge in [0.1, 0.15) is 0 Å². The van der Waals surface area contributed by atoms with E-state index in [1.54, 1.807) is 0 Å². The molecule has 1 aromatic rings. The van der Waals surface area contributed by atoms with Crippen molar-refractivity contribution >= 4 is 23.6 Å². The summed E-state index contributed by atoms with van der Waals surface area (Å²) in [6.45, 7) is 0.746. The van der Waals surface area contributed by atoms with Crippen LogP contribution in [-0.2, 0) is 25.7 Å². The third kappa shape index (κ3) is 2.85. The monoisotopic (exact) mass is 461 g/mol. The highest BCUT2D eigenvalue weighted by molar-refractivity contribution is 6.07. The Morgan fingerprint density at radius 1 is 0.618 bits per heavy atom. The first-order valence-corrected chi connectivity index (χ1v) is 13.0. The Morgan fingerprint density at radius 3 is 1.38 bits per heavy atom. The molecule has 2 saturated heterocycles. The van der Waals surface area contributed by atoms with E-state index in [-0.39, 0.29) is 60.6 Å². The number of rotatable bonds is 6. The van der Waals surface area contributed by atoms with E-state index in [2.05, 4.69) is 0 Å². The van der Waals surface area contributed by atoms with Gasteiger partial charge in [0.05, 0.1) is 37.0 Å². The standard InChI is InChI=1S/C27H31N3O4/c31-24-20-16-6-7-17(10-16)21(20)25(32)29(24)13-28(12-15-4-2-1-3-5-15)14-30-26(33)22-18-8-9-19(11-18)23(22)27(30)34/h1-5,16-23H,6-14H2/t16-,17+,18-,19+,20-,21-,22-,23+/m0/s1. The van der Waals surface area contributed by atoms with Gasteiger partial charge in [-0.2, -0.15) is 0 Å². The third-order valence-corrected chi connectivity index (χ3v) is 9.97. The molecule has 4 amide bonds. The van der Waals surface area contributed by atoms with E-state index in [4.69, 9.17) is 0 Å².